The zero-order valence-corrected chi connectivity index (χ0v) is 11.9. The largest absolute Gasteiger partial charge is 0.478 e. The predicted molar refractivity (Wildman–Crippen MR) is 74.7 cm³/mol. The van der Waals surface area contributed by atoms with Crippen molar-refractivity contribution >= 4 is 23.6 Å². The topological polar surface area (TPSA) is 57.6 Å². The molecule has 0 heterocycles. The number of benzene rings is 1. The maximum atomic E-state index is 11.9. The van der Waals surface area contributed by atoms with Crippen molar-refractivity contribution in [2.45, 2.75) is 30.7 Å². The summed E-state index contributed by atoms with van der Waals surface area (Å²) in [5.74, 6) is -0.471. The van der Waals surface area contributed by atoms with E-state index in [0.717, 1.165) is 23.3 Å². The van der Waals surface area contributed by atoms with Gasteiger partial charge in [-0.2, -0.15) is 0 Å². The molecule has 5 heteroatoms. The molecule has 0 bridgehead atoms. The highest BCUT2D eigenvalue weighted by Crippen LogP contribution is 2.27. The van der Waals surface area contributed by atoms with Crippen LogP contribution < -0.4 is 0 Å². The van der Waals surface area contributed by atoms with E-state index in [2.05, 4.69) is 0 Å². The first-order chi connectivity index (χ1) is 8.99. The van der Waals surface area contributed by atoms with Crippen molar-refractivity contribution in [3.63, 3.8) is 0 Å². The highest BCUT2D eigenvalue weighted by atomic mass is 32.2. The Bertz CT molecular complexity index is 511. The molecule has 0 atom stereocenters. The van der Waals surface area contributed by atoms with Gasteiger partial charge in [0.15, 0.2) is 0 Å². The molecule has 1 aromatic carbocycles. The quantitative estimate of drug-likeness (QED) is 0.841. The molecule has 0 unspecified atom stereocenters. The van der Waals surface area contributed by atoms with Crippen LogP contribution in [0.4, 0.5) is 0 Å². The lowest BCUT2D eigenvalue weighted by molar-refractivity contribution is -0.127. The molecular weight excluding hydrogens is 262 g/mol. The zero-order chi connectivity index (χ0) is 14.0. The Balaban J connectivity index is 1.97. The summed E-state index contributed by atoms with van der Waals surface area (Å²) in [6, 6.07) is 5.69. The first-order valence-corrected chi connectivity index (χ1v) is 7.20. The summed E-state index contributed by atoms with van der Waals surface area (Å²) >= 11 is 1.39. The van der Waals surface area contributed by atoms with Crippen LogP contribution in [0, 0.1) is 6.92 Å². The summed E-state index contributed by atoms with van der Waals surface area (Å²) in [6.07, 6.45) is 2.20. The predicted octanol–water partition coefficient (Wildman–Crippen LogP) is 2.41. The van der Waals surface area contributed by atoms with Gasteiger partial charge < -0.3 is 10.0 Å². The molecule has 0 radical (unpaired) electrons. The van der Waals surface area contributed by atoms with Gasteiger partial charge in [0, 0.05) is 18.0 Å². The van der Waals surface area contributed by atoms with Gasteiger partial charge in [-0.3, -0.25) is 4.79 Å². The molecule has 0 aromatic heterocycles. The number of carbonyl (C=O) groups excluding carboxylic acids is 1. The molecule has 19 heavy (non-hydrogen) atoms. The minimum atomic E-state index is -0.929. The van der Waals surface area contributed by atoms with E-state index < -0.39 is 5.97 Å². The third-order valence-corrected chi connectivity index (χ3v) is 4.27. The summed E-state index contributed by atoms with van der Waals surface area (Å²) in [4.78, 5) is 25.5. The highest BCUT2D eigenvalue weighted by molar-refractivity contribution is 8.00. The van der Waals surface area contributed by atoms with Gasteiger partial charge >= 0.3 is 5.97 Å². The van der Waals surface area contributed by atoms with Crippen LogP contribution >= 0.6 is 11.8 Å². The van der Waals surface area contributed by atoms with E-state index in [1.807, 2.05) is 13.1 Å². The average Bonchev–Trinajstić information content (AvgIpc) is 3.20. The average molecular weight is 279 g/mol. The normalized spacial score (nSPS) is 14.2. The van der Waals surface area contributed by atoms with Gasteiger partial charge in [-0.15, -0.1) is 11.8 Å². The number of hydrogen-bond acceptors (Lipinski definition) is 3. The van der Waals surface area contributed by atoms with E-state index in [4.69, 9.17) is 5.11 Å². The van der Waals surface area contributed by atoms with Crippen LogP contribution in [-0.4, -0.2) is 40.7 Å². The summed E-state index contributed by atoms with van der Waals surface area (Å²) < 4.78 is 0. The fourth-order valence-corrected chi connectivity index (χ4v) is 2.69. The van der Waals surface area contributed by atoms with E-state index in [1.165, 1.54) is 11.8 Å². The number of carboxylic acid groups (broad SMARTS) is 1. The Labute approximate surface area is 116 Å². The van der Waals surface area contributed by atoms with Crippen LogP contribution in [0.3, 0.4) is 0 Å². The maximum absolute atomic E-state index is 11.9. The van der Waals surface area contributed by atoms with Crippen molar-refractivity contribution in [1.82, 2.24) is 4.90 Å². The first kappa shape index (κ1) is 13.9. The SMILES string of the molecule is Cc1ccc(SCC(=O)N(C)C2CC2)cc1C(=O)O. The molecule has 0 spiro atoms. The maximum Gasteiger partial charge on any atom is 0.335 e. The summed E-state index contributed by atoms with van der Waals surface area (Å²) in [5, 5.41) is 9.05. The second-order valence-electron chi connectivity index (χ2n) is 4.81. The summed E-state index contributed by atoms with van der Waals surface area (Å²) in [5.41, 5.74) is 1.03. The van der Waals surface area contributed by atoms with Crippen LogP contribution in [0.15, 0.2) is 23.1 Å². The van der Waals surface area contributed by atoms with Gasteiger partial charge in [0.05, 0.1) is 11.3 Å². The minimum absolute atomic E-state index is 0.102. The van der Waals surface area contributed by atoms with Crippen LogP contribution in [0.1, 0.15) is 28.8 Å². The number of aryl methyl sites for hydroxylation is 1. The number of carboxylic acids is 1. The molecule has 4 nitrogen and oxygen atoms in total. The summed E-state index contributed by atoms with van der Waals surface area (Å²) in [7, 11) is 1.83. The van der Waals surface area contributed by atoms with Gasteiger partial charge in [0.1, 0.15) is 0 Å². The Hall–Kier alpha value is -1.49. The zero-order valence-electron chi connectivity index (χ0n) is 11.0. The number of rotatable bonds is 5. The van der Waals surface area contributed by atoms with Crippen molar-refractivity contribution in [1.29, 1.82) is 0 Å². The van der Waals surface area contributed by atoms with Gasteiger partial charge in [-0.25, -0.2) is 4.79 Å². The lowest BCUT2D eigenvalue weighted by atomic mass is 10.1. The van der Waals surface area contributed by atoms with Crippen molar-refractivity contribution in [2.75, 3.05) is 12.8 Å². The lowest BCUT2D eigenvalue weighted by Crippen LogP contribution is -2.30. The van der Waals surface area contributed by atoms with E-state index in [-0.39, 0.29) is 5.91 Å². The van der Waals surface area contributed by atoms with Crippen LogP contribution in [0.2, 0.25) is 0 Å². The third kappa shape index (κ3) is 3.50. The Kier molecular flexibility index (Phi) is 4.14. The van der Waals surface area contributed by atoms with E-state index in [1.54, 1.807) is 24.0 Å². The Morgan fingerprint density at radius 1 is 1.42 bits per heavy atom. The number of hydrogen-bond donors (Lipinski definition) is 1. The van der Waals surface area contributed by atoms with E-state index in [0.29, 0.717) is 17.4 Å². The fraction of sp³-hybridized carbons (Fsp3) is 0.429. The van der Waals surface area contributed by atoms with Crippen LogP contribution in [0.25, 0.3) is 0 Å². The smallest absolute Gasteiger partial charge is 0.335 e. The Morgan fingerprint density at radius 2 is 2.11 bits per heavy atom. The monoisotopic (exact) mass is 279 g/mol. The van der Waals surface area contributed by atoms with Gasteiger partial charge in [0.2, 0.25) is 5.91 Å². The second-order valence-corrected chi connectivity index (χ2v) is 5.86. The molecule has 102 valence electrons. The molecule has 0 saturated heterocycles. The first-order valence-electron chi connectivity index (χ1n) is 6.21. The number of aromatic carboxylic acids is 1. The number of nitrogens with zero attached hydrogens (tertiary/aromatic N) is 1. The Morgan fingerprint density at radius 3 is 2.68 bits per heavy atom. The van der Waals surface area contributed by atoms with Gasteiger partial charge in [0.25, 0.3) is 0 Å². The summed E-state index contributed by atoms with van der Waals surface area (Å²) in [6.45, 7) is 1.77. The number of carbonyl (C=O) groups is 2. The molecule has 1 aromatic rings. The van der Waals surface area contributed by atoms with Crippen molar-refractivity contribution in [2.24, 2.45) is 0 Å². The number of amides is 1. The molecule has 0 aliphatic heterocycles. The molecule has 1 N–H and O–H groups in total. The minimum Gasteiger partial charge on any atom is -0.478 e. The van der Waals surface area contributed by atoms with Crippen molar-refractivity contribution < 1.29 is 14.7 Å². The molecule has 1 amide bonds. The molecule has 1 fully saturated rings. The van der Waals surface area contributed by atoms with Gasteiger partial charge in [-0.05, 0) is 37.5 Å². The standard InChI is InChI=1S/C14H17NO3S/c1-9-3-6-11(7-12(9)14(17)18)19-8-13(16)15(2)10-4-5-10/h3,6-7,10H,4-5,8H2,1-2H3,(H,17,18). The van der Waals surface area contributed by atoms with Crippen LogP contribution in [-0.2, 0) is 4.79 Å². The molecule has 1 aliphatic carbocycles. The lowest BCUT2D eigenvalue weighted by Gasteiger charge is -2.15. The number of thioether (sulfide) groups is 1. The third-order valence-electron chi connectivity index (χ3n) is 3.29. The van der Waals surface area contributed by atoms with Crippen LogP contribution in [0.5, 0.6) is 0 Å². The van der Waals surface area contributed by atoms with E-state index in [9.17, 15) is 9.59 Å². The van der Waals surface area contributed by atoms with E-state index >= 15 is 0 Å². The molecular formula is C14H17NO3S. The highest BCUT2D eigenvalue weighted by Gasteiger charge is 2.29. The second kappa shape index (κ2) is 5.65. The molecule has 1 aliphatic rings. The van der Waals surface area contributed by atoms with Gasteiger partial charge in [-0.1, -0.05) is 6.07 Å². The molecule has 2 rings (SSSR count). The van der Waals surface area contributed by atoms with Crippen molar-refractivity contribution in [3.8, 4) is 0 Å². The fourth-order valence-electron chi connectivity index (χ4n) is 1.83. The molecule has 1 saturated carbocycles. The van der Waals surface area contributed by atoms with Crippen molar-refractivity contribution in [3.05, 3.63) is 29.3 Å².